The van der Waals surface area contributed by atoms with Gasteiger partial charge in [0.15, 0.2) is 5.76 Å². The van der Waals surface area contributed by atoms with Gasteiger partial charge in [0, 0.05) is 5.56 Å². The Labute approximate surface area is 165 Å². The molecule has 0 fully saturated rings. The van der Waals surface area contributed by atoms with Crippen LogP contribution in [0.1, 0.15) is 25.0 Å². The van der Waals surface area contributed by atoms with Crippen molar-refractivity contribution in [2.45, 2.75) is 27.7 Å². The Kier molecular flexibility index (Phi) is 7.58. The first-order chi connectivity index (χ1) is 13.6. The summed E-state index contributed by atoms with van der Waals surface area (Å²) in [6.45, 7) is 8.06. The fraction of sp³-hybridized carbons (Fsp3) is 0.160. The van der Waals surface area contributed by atoms with Gasteiger partial charge in [0.1, 0.15) is 5.58 Å². The van der Waals surface area contributed by atoms with Crippen LogP contribution in [0.3, 0.4) is 0 Å². The van der Waals surface area contributed by atoms with Crippen LogP contribution in [-0.4, -0.2) is 5.11 Å². The Morgan fingerprint density at radius 2 is 1.25 bits per heavy atom. The zero-order chi connectivity index (χ0) is 20.5. The zero-order valence-electron chi connectivity index (χ0n) is 16.8. The molecular formula is C25H26O3. The van der Waals surface area contributed by atoms with E-state index in [4.69, 9.17) is 4.42 Å². The van der Waals surface area contributed by atoms with Gasteiger partial charge in [-0.05, 0) is 26.0 Å². The molecular weight excluding hydrogens is 348 g/mol. The van der Waals surface area contributed by atoms with Gasteiger partial charge in [-0.1, -0.05) is 91.7 Å². The first kappa shape index (κ1) is 21.0. The molecule has 0 aliphatic carbocycles. The molecule has 0 aliphatic heterocycles. The molecule has 4 rings (SSSR count). The highest BCUT2D eigenvalue weighted by Crippen LogP contribution is 2.29. The van der Waals surface area contributed by atoms with Gasteiger partial charge in [-0.2, -0.15) is 0 Å². The Bertz CT molecular complexity index is 1060. The van der Waals surface area contributed by atoms with E-state index in [-0.39, 0.29) is 11.5 Å². The summed E-state index contributed by atoms with van der Waals surface area (Å²) in [5, 5.41) is 10.4. The number of hydrogen-bond donors (Lipinski definition) is 1. The number of fused-ring (bicyclic) bond motifs is 1. The molecule has 0 aliphatic rings. The number of aromatic hydroxyl groups is 1. The molecule has 0 bridgehead atoms. The van der Waals surface area contributed by atoms with Crippen molar-refractivity contribution in [3.8, 4) is 17.1 Å². The quantitative estimate of drug-likeness (QED) is 0.414. The van der Waals surface area contributed by atoms with Gasteiger partial charge in [0.2, 0.25) is 11.2 Å². The minimum absolute atomic E-state index is 0.212. The van der Waals surface area contributed by atoms with Gasteiger partial charge in [0.05, 0.1) is 5.39 Å². The summed E-state index contributed by atoms with van der Waals surface area (Å²) < 4.78 is 5.65. The molecule has 4 aromatic rings. The second kappa shape index (κ2) is 10.1. The van der Waals surface area contributed by atoms with Crippen molar-refractivity contribution < 1.29 is 9.52 Å². The highest BCUT2D eigenvalue weighted by atomic mass is 16.4. The van der Waals surface area contributed by atoms with Crippen molar-refractivity contribution in [2.24, 2.45) is 0 Å². The minimum Gasteiger partial charge on any atom is -0.502 e. The van der Waals surface area contributed by atoms with E-state index in [1.165, 1.54) is 5.56 Å². The van der Waals surface area contributed by atoms with Gasteiger partial charge in [-0.3, -0.25) is 4.79 Å². The fourth-order valence-electron chi connectivity index (χ4n) is 2.57. The van der Waals surface area contributed by atoms with Crippen LogP contribution in [-0.2, 0) is 0 Å². The molecule has 0 saturated carbocycles. The smallest absolute Gasteiger partial charge is 0.235 e. The van der Waals surface area contributed by atoms with E-state index in [2.05, 4.69) is 19.1 Å². The van der Waals surface area contributed by atoms with E-state index >= 15 is 0 Å². The molecule has 0 amide bonds. The third-order valence-corrected chi connectivity index (χ3v) is 4.03. The molecule has 3 aromatic carbocycles. The molecule has 0 saturated heterocycles. The summed E-state index contributed by atoms with van der Waals surface area (Å²) in [6, 6.07) is 24.6. The van der Waals surface area contributed by atoms with Crippen molar-refractivity contribution in [1.29, 1.82) is 0 Å². The third kappa shape index (κ3) is 5.10. The van der Waals surface area contributed by atoms with Crippen molar-refractivity contribution in [1.82, 2.24) is 0 Å². The number of rotatable bonds is 1. The summed E-state index contributed by atoms with van der Waals surface area (Å²) in [5.41, 5.74) is 3.18. The Balaban J connectivity index is 0.000000261. The van der Waals surface area contributed by atoms with Crippen LogP contribution in [0.2, 0.25) is 0 Å². The number of benzene rings is 3. The Hall–Kier alpha value is -3.33. The molecule has 1 aromatic heterocycles. The molecule has 144 valence electrons. The maximum absolute atomic E-state index is 12.1. The Morgan fingerprint density at radius 3 is 1.82 bits per heavy atom. The lowest BCUT2D eigenvalue weighted by molar-refractivity contribution is 0.449. The standard InChI is InChI=1S/C16H12O3.C7H8.C2H6/c1-10-6-8-11(9-7-10)16-15(18)14(17)12-4-2-3-5-13(12)19-16;1-7-5-3-2-4-6-7;1-2/h2-9,18H,1H3;2-6H,1H3;1-2H3. The highest BCUT2D eigenvalue weighted by molar-refractivity contribution is 5.81. The summed E-state index contributed by atoms with van der Waals surface area (Å²) in [7, 11) is 0. The molecule has 0 unspecified atom stereocenters. The molecule has 0 atom stereocenters. The van der Waals surface area contributed by atoms with Crippen molar-refractivity contribution in [3.63, 3.8) is 0 Å². The van der Waals surface area contributed by atoms with E-state index in [0.717, 1.165) is 5.56 Å². The predicted octanol–water partition coefficient (Wildman–Crippen LogP) is 6.50. The Morgan fingerprint density at radius 1 is 0.714 bits per heavy atom. The largest absolute Gasteiger partial charge is 0.502 e. The molecule has 3 heteroatoms. The van der Waals surface area contributed by atoms with Gasteiger partial charge < -0.3 is 9.52 Å². The maximum atomic E-state index is 12.1. The highest BCUT2D eigenvalue weighted by Gasteiger charge is 2.14. The average molecular weight is 374 g/mol. The van der Waals surface area contributed by atoms with Crippen molar-refractivity contribution >= 4 is 11.0 Å². The second-order valence-corrected chi connectivity index (χ2v) is 6.13. The van der Waals surface area contributed by atoms with Crippen molar-refractivity contribution in [3.05, 3.63) is 100 Å². The van der Waals surface area contributed by atoms with E-state index < -0.39 is 5.43 Å². The van der Waals surface area contributed by atoms with Crippen LogP contribution in [0.5, 0.6) is 5.75 Å². The van der Waals surface area contributed by atoms with Crippen molar-refractivity contribution in [2.75, 3.05) is 0 Å². The molecule has 0 spiro atoms. The maximum Gasteiger partial charge on any atom is 0.235 e. The van der Waals surface area contributed by atoms with E-state index in [0.29, 0.717) is 16.5 Å². The lowest BCUT2D eigenvalue weighted by Gasteiger charge is -2.06. The molecule has 1 N–H and O–H groups in total. The van der Waals surface area contributed by atoms with Crippen LogP contribution in [0.25, 0.3) is 22.3 Å². The summed E-state index contributed by atoms with van der Waals surface area (Å²) >= 11 is 0. The van der Waals surface area contributed by atoms with Crippen LogP contribution in [0, 0.1) is 13.8 Å². The third-order valence-electron chi connectivity index (χ3n) is 4.03. The molecule has 0 radical (unpaired) electrons. The molecule has 1 heterocycles. The second-order valence-electron chi connectivity index (χ2n) is 6.13. The normalized spacial score (nSPS) is 9.71. The molecule has 3 nitrogen and oxygen atoms in total. The summed E-state index contributed by atoms with van der Waals surface area (Å²) in [6.07, 6.45) is 0. The van der Waals surface area contributed by atoms with Crippen LogP contribution < -0.4 is 5.43 Å². The van der Waals surface area contributed by atoms with Gasteiger partial charge in [-0.25, -0.2) is 0 Å². The van der Waals surface area contributed by atoms with E-state index in [1.807, 2.05) is 63.2 Å². The number of para-hydroxylation sites is 1. The minimum atomic E-state index is -0.405. The van der Waals surface area contributed by atoms with Gasteiger partial charge >= 0.3 is 0 Å². The summed E-state index contributed by atoms with van der Waals surface area (Å²) in [5.74, 6) is -0.133. The average Bonchev–Trinajstić information content (AvgIpc) is 2.74. The van der Waals surface area contributed by atoms with Gasteiger partial charge in [-0.15, -0.1) is 0 Å². The summed E-state index contributed by atoms with van der Waals surface area (Å²) in [4.78, 5) is 12.1. The van der Waals surface area contributed by atoms with Gasteiger partial charge in [0.25, 0.3) is 0 Å². The fourth-order valence-corrected chi connectivity index (χ4v) is 2.57. The van der Waals surface area contributed by atoms with Crippen LogP contribution >= 0.6 is 0 Å². The lowest BCUT2D eigenvalue weighted by Crippen LogP contribution is -2.02. The topological polar surface area (TPSA) is 50.4 Å². The van der Waals surface area contributed by atoms with E-state index in [1.54, 1.807) is 24.3 Å². The van der Waals surface area contributed by atoms with Crippen LogP contribution in [0.15, 0.2) is 88.1 Å². The molecule has 28 heavy (non-hydrogen) atoms. The van der Waals surface area contributed by atoms with E-state index in [9.17, 15) is 9.90 Å². The monoisotopic (exact) mass is 374 g/mol. The first-order valence-corrected chi connectivity index (χ1v) is 9.40. The van der Waals surface area contributed by atoms with Crippen LogP contribution in [0.4, 0.5) is 0 Å². The SMILES string of the molecule is CC.Cc1ccc(-c2oc3ccccc3c(=O)c2O)cc1.Cc1ccccc1. The number of aryl methyl sites for hydroxylation is 2. The predicted molar refractivity (Wildman–Crippen MR) is 117 cm³/mol. The number of hydrogen-bond acceptors (Lipinski definition) is 3. The lowest BCUT2D eigenvalue weighted by atomic mass is 10.1. The first-order valence-electron chi connectivity index (χ1n) is 9.40. The zero-order valence-corrected chi connectivity index (χ0v) is 16.8.